The molecule has 0 radical (unpaired) electrons. The average Bonchev–Trinajstić information content (AvgIpc) is 2.78. The Labute approximate surface area is 168 Å². The summed E-state index contributed by atoms with van der Waals surface area (Å²) >= 11 is 0. The first-order valence-electron chi connectivity index (χ1n) is 9.65. The first-order valence-corrected chi connectivity index (χ1v) is 9.65. The highest BCUT2D eigenvalue weighted by atomic mass is 15.0. The molecule has 29 heavy (non-hydrogen) atoms. The van der Waals surface area contributed by atoms with E-state index >= 15 is 0 Å². The van der Waals surface area contributed by atoms with Crippen molar-refractivity contribution in [3.8, 4) is 22.8 Å². The van der Waals surface area contributed by atoms with Crippen LogP contribution in [0.4, 0.5) is 0 Å². The molecule has 3 aromatic heterocycles. The quantitative estimate of drug-likeness (QED) is 0.420. The van der Waals surface area contributed by atoms with Gasteiger partial charge in [-0.3, -0.25) is 9.97 Å². The lowest BCUT2D eigenvalue weighted by Gasteiger charge is -2.12. The summed E-state index contributed by atoms with van der Waals surface area (Å²) in [5.41, 5.74) is 3.76. The van der Waals surface area contributed by atoms with Crippen molar-refractivity contribution in [3.05, 3.63) is 78.9 Å². The van der Waals surface area contributed by atoms with Crippen LogP contribution in [0, 0.1) is 0 Å². The van der Waals surface area contributed by atoms with Crippen molar-refractivity contribution in [2.75, 3.05) is 0 Å². The second-order valence-electron chi connectivity index (χ2n) is 7.25. The zero-order valence-electron chi connectivity index (χ0n) is 16.2. The fourth-order valence-corrected chi connectivity index (χ4v) is 3.47. The molecular formula is C24H19N5. The van der Waals surface area contributed by atoms with Crippen molar-refractivity contribution >= 4 is 21.8 Å². The SMILES string of the molecule is CC(C)c1nc(-c2ccnc3ccccc23)nc(-c2ccnc3ccccc23)n1. The van der Waals surface area contributed by atoms with Crippen LogP contribution in [0.3, 0.4) is 0 Å². The summed E-state index contributed by atoms with van der Waals surface area (Å²) in [7, 11) is 0. The van der Waals surface area contributed by atoms with E-state index in [-0.39, 0.29) is 5.92 Å². The van der Waals surface area contributed by atoms with E-state index < -0.39 is 0 Å². The van der Waals surface area contributed by atoms with Gasteiger partial charge in [-0.05, 0) is 24.3 Å². The number of rotatable bonds is 3. The summed E-state index contributed by atoms with van der Waals surface area (Å²) in [6.07, 6.45) is 3.61. The molecule has 0 N–H and O–H groups in total. The Bertz CT molecular complexity index is 1240. The number of benzene rings is 2. The molecule has 2 aromatic carbocycles. The summed E-state index contributed by atoms with van der Waals surface area (Å²) in [6, 6.07) is 20.0. The van der Waals surface area contributed by atoms with Crippen LogP contribution >= 0.6 is 0 Å². The minimum absolute atomic E-state index is 0.178. The molecule has 0 bridgehead atoms. The lowest BCUT2D eigenvalue weighted by molar-refractivity contribution is 0.766. The van der Waals surface area contributed by atoms with Crippen molar-refractivity contribution in [1.82, 2.24) is 24.9 Å². The Morgan fingerprint density at radius 2 is 1.07 bits per heavy atom. The number of fused-ring (bicyclic) bond motifs is 2. The predicted molar refractivity (Wildman–Crippen MR) is 115 cm³/mol. The van der Waals surface area contributed by atoms with Gasteiger partial charge in [-0.1, -0.05) is 50.2 Å². The van der Waals surface area contributed by atoms with Gasteiger partial charge in [-0.15, -0.1) is 0 Å². The number of hydrogen-bond donors (Lipinski definition) is 0. The van der Waals surface area contributed by atoms with Gasteiger partial charge in [0.2, 0.25) is 0 Å². The third kappa shape index (κ3) is 3.10. The number of hydrogen-bond acceptors (Lipinski definition) is 5. The van der Waals surface area contributed by atoms with Crippen molar-refractivity contribution < 1.29 is 0 Å². The standard InChI is InChI=1S/C24H19N5/c1-15(2)22-27-23(18-11-13-25-20-9-5-3-7-16(18)20)29-24(28-22)19-12-14-26-21-10-6-4-8-17(19)21/h3-15H,1-2H3. The summed E-state index contributed by atoms with van der Waals surface area (Å²) < 4.78 is 0. The van der Waals surface area contributed by atoms with E-state index in [4.69, 9.17) is 15.0 Å². The fraction of sp³-hybridized carbons (Fsp3) is 0.125. The number of pyridine rings is 2. The zero-order chi connectivity index (χ0) is 19.8. The first-order chi connectivity index (χ1) is 14.2. The molecule has 0 amide bonds. The van der Waals surface area contributed by atoms with Gasteiger partial charge in [0.1, 0.15) is 5.82 Å². The van der Waals surface area contributed by atoms with Gasteiger partial charge in [-0.25, -0.2) is 15.0 Å². The van der Waals surface area contributed by atoms with E-state index in [2.05, 4.69) is 35.9 Å². The molecule has 3 heterocycles. The maximum absolute atomic E-state index is 4.88. The van der Waals surface area contributed by atoms with Crippen LogP contribution < -0.4 is 0 Å². The number of aromatic nitrogens is 5. The Kier molecular flexibility index (Phi) is 4.21. The van der Waals surface area contributed by atoms with Crippen LogP contribution in [-0.2, 0) is 0 Å². The van der Waals surface area contributed by atoms with Crippen LogP contribution in [0.2, 0.25) is 0 Å². The molecule has 0 saturated carbocycles. The second kappa shape index (κ2) is 7.02. The molecule has 0 fully saturated rings. The van der Waals surface area contributed by atoms with Gasteiger partial charge in [-0.2, -0.15) is 0 Å². The van der Waals surface area contributed by atoms with Gasteiger partial charge >= 0.3 is 0 Å². The lowest BCUT2D eigenvalue weighted by Crippen LogP contribution is -2.05. The van der Waals surface area contributed by atoms with E-state index in [1.165, 1.54) is 0 Å². The highest BCUT2D eigenvalue weighted by Gasteiger charge is 2.16. The molecule has 0 aliphatic rings. The minimum atomic E-state index is 0.178. The molecule has 5 rings (SSSR count). The summed E-state index contributed by atoms with van der Waals surface area (Å²) in [4.78, 5) is 23.4. The molecule has 0 saturated heterocycles. The second-order valence-corrected chi connectivity index (χ2v) is 7.25. The topological polar surface area (TPSA) is 64.5 Å². The van der Waals surface area contributed by atoms with Crippen molar-refractivity contribution in [1.29, 1.82) is 0 Å². The van der Waals surface area contributed by atoms with Gasteiger partial charge in [0, 0.05) is 40.2 Å². The van der Waals surface area contributed by atoms with Crippen LogP contribution in [0.1, 0.15) is 25.6 Å². The molecular weight excluding hydrogens is 358 g/mol. The molecule has 5 aromatic rings. The fourth-order valence-electron chi connectivity index (χ4n) is 3.47. The van der Waals surface area contributed by atoms with Gasteiger partial charge in [0.05, 0.1) is 11.0 Å². The highest BCUT2D eigenvalue weighted by molar-refractivity contribution is 5.94. The molecule has 0 unspecified atom stereocenters. The maximum Gasteiger partial charge on any atom is 0.164 e. The minimum Gasteiger partial charge on any atom is -0.256 e. The summed E-state index contributed by atoms with van der Waals surface area (Å²) in [5, 5.41) is 2.06. The van der Waals surface area contributed by atoms with Gasteiger partial charge in [0.15, 0.2) is 11.6 Å². The molecule has 0 spiro atoms. The van der Waals surface area contributed by atoms with Crippen molar-refractivity contribution in [2.45, 2.75) is 19.8 Å². The maximum atomic E-state index is 4.88. The summed E-state index contributed by atoms with van der Waals surface area (Å²) in [5.74, 6) is 2.28. The summed E-state index contributed by atoms with van der Waals surface area (Å²) in [6.45, 7) is 4.19. The molecule has 5 nitrogen and oxygen atoms in total. The highest BCUT2D eigenvalue weighted by Crippen LogP contribution is 2.30. The zero-order valence-corrected chi connectivity index (χ0v) is 16.2. The first kappa shape index (κ1) is 17.4. The number of para-hydroxylation sites is 2. The van der Waals surface area contributed by atoms with E-state index in [1.54, 1.807) is 12.4 Å². The molecule has 140 valence electrons. The van der Waals surface area contributed by atoms with Crippen molar-refractivity contribution in [2.24, 2.45) is 0 Å². The Morgan fingerprint density at radius 1 is 0.586 bits per heavy atom. The van der Waals surface area contributed by atoms with E-state index in [0.29, 0.717) is 11.6 Å². The van der Waals surface area contributed by atoms with Crippen LogP contribution in [0.25, 0.3) is 44.6 Å². The Hall–Kier alpha value is -3.73. The third-order valence-electron chi connectivity index (χ3n) is 4.95. The third-order valence-corrected chi connectivity index (χ3v) is 4.95. The van der Waals surface area contributed by atoms with Crippen LogP contribution in [0.15, 0.2) is 73.1 Å². The van der Waals surface area contributed by atoms with E-state index in [9.17, 15) is 0 Å². The smallest absolute Gasteiger partial charge is 0.164 e. The molecule has 5 heteroatoms. The van der Waals surface area contributed by atoms with Crippen molar-refractivity contribution in [3.63, 3.8) is 0 Å². The molecule has 0 aliphatic heterocycles. The Morgan fingerprint density at radius 3 is 1.55 bits per heavy atom. The monoisotopic (exact) mass is 377 g/mol. The molecule has 0 atom stereocenters. The lowest BCUT2D eigenvalue weighted by atomic mass is 10.1. The van der Waals surface area contributed by atoms with Crippen LogP contribution in [0.5, 0.6) is 0 Å². The van der Waals surface area contributed by atoms with E-state index in [1.807, 2.05) is 48.5 Å². The molecule has 0 aliphatic carbocycles. The van der Waals surface area contributed by atoms with Crippen LogP contribution in [-0.4, -0.2) is 24.9 Å². The van der Waals surface area contributed by atoms with Gasteiger partial charge < -0.3 is 0 Å². The Balaban J connectivity index is 1.79. The van der Waals surface area contributed by atoms with E-state index in [0.717, 1.165) is 38.8 Å². The number of nitrogens with zero attached hydrogens (tertiary/aromatic N) is 5. The normalized spacial score (nSPS) is 11.4. The van der Waals surface area contributed by atoms with Gasteiger partial charge in [0.25, 0.3) is 0 Å². The largest absolute Gasteiger partial charge is 0.256 e. The average molecular weight is 377 g/mol. The predicted octanol–water partition coefficient (Wildman–Crippen LogP) is 5.43.